The minimum atomic E-state index is -3.53. The fourth-order valence-corrected chi connectivity index (χ4v) is 3.07. The fraction of sp³-hybridized carbons (Fsp3) is 0.214. The van der Waals surface area contributed by atoms with Crippen molar-refractivity contribution in [1.82, 2.24) is 9.29 Å². The highest BCUT2D eigenvalue weighted by atomic mass is 32.2. The van der Waals surface area contributed by atoms with Crippen LogP contribution in [0.3, 0.4) is 0 Å². The SMILES string of the molecule is Cc1cc(S(=O)(=O)N(C)Cc2cccnc2)ccc1N. The van der Waals surface area contributed by atoms with Crippen LogP contribution in [-0.2, 0) is 16.6 Å². The molecule has 0 unspecified atom stereocenters. The van der Waals surface area contributed by atoms with E-state index in [9.17, 15) is 8.42 Å². The van der Waals surface area contributed by atoms with Crippen LogP contribution in [0.5, 0.6) is 0 Å². The van der Waals surface area contributed by atoms with Crippen LogP contribution in [0, 0.1) is 6.92 Å². The zero-order chi connectivity index (χ0) is 14.8. The third-order valence-corrected chi connectivity index (χ3v) is 4.88. The van der Waals surface area contributed by atoms with Crippen molar-refractivity contribution in [2.45, 2.75) is 18.4 Å². The van der Waals surface area contributed by atoms with E-state index in [1.165, 1.54) is 10.4 Å². The molecule has 0 aliphatic heterocycles. The molecule has 0 saturated heterocycles. The van der Waals surface area contributed by atoms with Gasteiger partial charge >= 0.3 is 0 Å². The zero-order valence-electron chi connectivity index (χ0n) is 11.4. The third kappa shape index (κ3) is 2.97. The molecule has 0 spiro atoms. The van der Waals surface area contributed by atoms with Gasteiger partial charge in [0, 0.05) is 31.7 Å². The van der Waals surface area contributed by atoms with E-state index in [0.717, 1.165) is 11.1 Å². The van der Waals surface area contributed by atoms with Crippen LogP contribution in [-0.4, -0.2) is 24.8 Å². The molecule has 2 N–H and O–H groups in total. The van der Waals surface area contributed by atoms with Crippen LogP contribution in [0.2, 0.25) is 0 Å². The Kier molecular flexibility index (Phi) is 4.06. The molecule has 2 aromatic rings. The van der Waals surface area contributed by atoms with E-state index in [4.69, 9.17) is 5.73 Å². The lowest BCUT2D eigenvalue weighted by atomic mass is 10.2. The van der Waals surface area contributed by atoms with Crippen molar-refractivity contribution in [3.8, 4) is 0 Å². The number of aryl methyl sites for hydroxylation is 1. The lowest BCUT2D eigenvalue weighted by molar-refractivity contribution is 0.466. The molecule has 0 radical (unpaired) electrons. The molecule has 2 rings (SSSR count). The largest absolute Gasteiger partial charge is 0.399 e. The molecular weight excluding hydrogens is 274 g/mol. The van der Waals surface area contributed by atoms with E-state index in [1.807, 2.05) is 6.07 Å². The Bertz CT molecular complexity index is 700. The molecule has 5 nitrogen and oxygen atoms in total. The molecule has 1 aromatic heterocycles. The third-order valence-electron chi connectivity index (χ3n) is 3.08. The second-order valence-corrected chi connectivity index (χ2v) is 6.69. The summed E-state index contributed by atoms with van der Waals surface area (Å²) in [7, 11) is -1.98. The van der Waals surface area contributed by atoms with Gasteiger partial charge in [0.2, 0.25) is 10.0 Å². The minimum absolute atomic E-state index is 0.246. The van der Waals surface area contributed by atoms with Gasteiger partial charge in [-0.25, -0.2) is 8.42 Å². The fourth-order valence-electron chi connectivity index (χ4n) is 1.82. The van der Waals surface area contributed by atoms with Crippen molar-refractivity contribution < 1.29 is 8.42 Å². The smallest absolute Gasteiger partial charge is 0.243 e. The van der Waals surface area contributed by atoms with Crippen LogP contribution in [0.15, 0.2) is 47.6 Å². The molecule has 0 aliphatic rings. The van der Waals surface area contributed by atoms with Crippen LogP contribution < -0.4 is 5.73 Å². The van der Waals surface area contributed by atoms with E-state index in [0.29, 0.717) is 5.69 Å². The van der Waals surface area contributed by atoms with Gasteiger partial charge in [0.25, 0.3) is 0 Å². The molecule has 20 heavy (non-hydrogen) atoms. The van der Waals surface area contributed by atoms with Crippen LogP contribution in [0.1, 0.15) is 11.1 Å². The van der Waals surface area contributed by atoms with E-state index in [1.54, 1.807) is 44.6 Å². The molecule has 0 amide bonds. The summed E-state index contributed by atoms with van der Waals surface area (Å²) in [5, 5.41) is 0. The summed E-state index contributed by atoms with van der Waals surface area (Å²) in [6.07, 6.45) is 3.31. The first-order chi connectivity index (χ1) is 9.41. The molecule has 1 aromatic carbocycles. The number of rotatable bonds is 4. The van der Waals surface area contributed by atoms with Crippen LogP contribution in [0.4, 0.5) is 5.69 Å². The second kappa shape index (κ2) is 5.60. The van der Waals surface area contributed by atoms with Crippen LogP contribution in [0.25, 0.3) is 0 Å². The van der Waals surface area contributed by atoms with Crippen molar-refractivity contribution in [2.75, 3.05) is 12.8 Å². The topological polar surface area (TPSA) is 76.3 Å². The van der Waals surface area contributed by atoms with Crippen molar-refractivity contribution >= 4 is 15.7 Å². The molecule has 1 heterocycles. The number of hydrogen-bond donors (Lipinski definition) is 1. The molecule has 0 aliphatic carbocycles. The Morgan fingerprint density at radius 3 is 2.65 bits per heavy atom. The number of aromatic nitrogens is 1. The Morgan fingerprint density at radius 2 is 2.05 bits per heavy atom. The molecule has 6 heteroatoms. The van der Waals surface area contributed by atoms with Gasteiger partial charge in [-0.05, 0) is 42.3 Å². The number of pyridine rings is 1. The molecule has 106 valence electrons. The number of nitrogens with zero attached hydrogens (tertiary/aromatic N) is 2. The number of hydrogen-bond acceptors (Lipinski definition) is 4. The van der Waals surface area contributed by atoms with Crippen LogP contribution >= 0.6 is 0 Å². The summed E-state index contributed by atoms with van der Waals surface area (Å²) in [6, 6.07) is 8.35. The maximum atomic E-state index is 12.5. The highest BCUT2D eigenvalue weighted by Crippen LogP contribution is 2.20. The summed E-state index contributed by atoms with van der Waals surface area (Å²) in [5.74, 6) is 0. The number of anilines is 1. The van der Waals surface area contributed by atoms with Crippen molar-refractivity contribution in [3.05, 3.63) is 53.9 Å². The summed E-state index contributed by atoms with van der Waals surface area (Å²) in [5.41, 5.74) is 7.89. The highest BCUT2D eigenvalue weighted by Gasteiger charge is 2.21. The number of nitrogens with two attached hydrogens (primary N) is 1. The maximum Gasteiger partial charge on any atom is 0.243 e. The average Bonchev–Trinajstić information content (AvgIpc) is 2.42. The standard InChI is InChI=1S/C14H17N3O2S/c1-11-8-13(5-6-14(11)15)20(18,19)17(2)10-12-4-3-7-16-9-12/h3-9H,10,15H2,1-2H3. The minimum Gasteiger partial charge on any atom is -0.399 e. The van der Waals surface area contributed by atoms with Gasteiger partial charge < -0.3 is 5.73 Å². The lowest BCUT2D eigenvalue weighted by Crippen LogP contribution is -2.26. The number of nitrogen functional groups attached to an aromatic ring is 1. The summed E-state index contributed by atoms with van der Waals surface area (Å²) < 4.78 is 26.2. The molecule has 0 atom stereocenters. The first kappa shape index (κ1) is 14.5. The van der Waals surface area contributed by atoms with Gasteiger partial charge in [0.1, 0.15) is 0 Å². The average molecular weight is 291 g/mol. The predicted octanol–water partition coefficient (Wildman–Crippen LogP) is 1.79. The van der Waals surface area contributed by atoms with Gasteiger partial charge in [-0.3, -0.25) is 4.98 Å². The molecule has 0 saturated carbocycles. The van der Waals surface area contributed by atoms with E-state index in [-0.39, 0.29) is 11.4 Å². The quantitative estimate of drug-likeness (QED) is 0.871. The van der Waals surface area contributed by atoms with Gasteiger partial charge in [-0.2, -0.15) is 4.31 Å². The Balaban J connectivity index is 2.27. The van der Waals surface area contributed by atoms with E-state index < -0.39 is 10.0 Å². The second-order valence-electron chi connectivity index (χ2n) is 4.64. The van der Waals surface area contributed by atoms with E-state index >= 15 is 0 Å². The Labute approximate surface area is 119 Å². The maximum absolute atomic E-state index is 12.5. The Morgan fingerprint density at radius 1 is 1.30 bits per heavy atom. The van der Waals surface area contributed by atoms with Crippen molar-refractivity contribution in [2.24, 2.45) is 0 Å². The first-order valence-corrected chi connectivity index (χ1v) is 7.56. The van der Waals surface area contributed by atoms with Crippen molar-refractivity contribution in [1.29, 1.82) is 0 Å². The summed E-state index contributed by atoms with van der Waals surface area (Å²) >= 11 is 0. The van der Waals surface area contributed by atoms with E-state index in [2.05, 4.69) is 4.98 Å². The van der Waals surface area contributed by atoms with Gasteiger partial charge in [0.05, 0.1) is 4.90 Å². The monoisotopic (exact) mass is 291 g/mol. The highest BCUT2D eigenvalue weighted by molar-refractivity contribution is 7.89. The van der Waals surface area contributed by atoms with Gasteiger partial charge in [0.15, 0.2) is 0 Å². The lowest BCUT2D eigenvalue weighted by Gasteiger charge is -2.17. The van der Waals surface area contributed by atoms with Gasteiger partial charge in [-0.15, -0.1) is 0 Å². The molecule has 0 bridgehead atoms. The first-order valence-electron chi connectivity index (χ1n) is 6.12. The summed E-state index contributed by atoms with van der Waals surface area (Å²) in [4.78, 5) is 4.23. The number of benzene rings is 1. The zero-order valence-corrected chi connectivity index (χ0v) is 12.3. The molecular formula is C14H17N3O2S. The predicted molar refractivity (Wildman–Crippen MR) is 78.5 cm³/mol. The normalized spacial score (nSPS) is 11.8. The Hall–Kier alpha value is -1.92. The van der Waals surface area contributed by atoms with Crippen molar-refractivity contribution in [3.63, 3.8) is 0 Å². The number of sulfonamides is 1. The molecule has 0 fully saturated rings. The van der Waals surface area contributed by atoms with Gasteiger partial charge in [-0.1, -0.05) is 6.07 Å². The summed E-state index contributed by atoms with van der Waals surface area (Å²) in [6.45, 7) is 2.06.